The van der Waals surface area contributed by atoms with Crippen molar-refractivity contribution in [2.45, 2.75) is 13.5 Å². The lowest BCUT2D eigenvalue weighted by Gasteiger charge is -2.40. The van der Waals surface area contributed by atoms with E-state index >= 15 is 0 Å². The number of halogens is 1. The third-order valence-corrected chi connectivity index (χ3v) is 3.20. The predicted molar refractivity (Wildman–Crippen MR) is 63.2 cm³/mol. The smallest absolute Gasteiger partial charge is 0.126 e. The summed E-state index contributed by atoms with van der Waals surface area (Å²) in [4.78, 5) is 0. The highest BCUT2D eigenvalue weighted by molar-refractivity contribution is 5.23. The maximum Gasteiger partial charge on any atom is 0.126 e. The molecule has 1 aliphatic rings. The topological polar surface area (TPSA) is 41.5 Å². The van der Waals surface area contributed by atoms with Gasteiger partial charge in [0.25, 0.3) is 0 Å². The van der Waals surface area contributed by atoms with Gasteiger partial charge in [0.15, 0.2) is 0 Å². The summed E-state index contributed by atoms with van der Waals surface area (Å²) < 4.78 is 18.2. The molecule has 0 bridgehead atoms. The Morgan fingerprint density at radius 1 is 1.47 bits per heavy atom. The van der Waals surface area contributed by atoms with Crippen molar-refractivity contribution in [1.82, 2.24) is 5.32 Å². The summed E-state index contributed by atoms with van der Waals surface area (Å²) in [5, 5.41) is 12.5. The molecule has 0 atom stereocenters. The second kappa shape index (κ2) is 5.12. The second-order valence-electron chi connectivity index (χ2n) is 4.84. The Morgan fingerprint density at radius 2 is 2.24 bits per heavy atom. The highest BCUT2D eigenvalue weighted by Gasteiger charge is 2.37. The summed E-state index contributed by atoms with van der Waals surface area (Å²) in [6.07, 6.45) is 0. The number of aryl methyl sites for hydroxylation is 1. The monoisotopic (exact) mass is 239 g/mol. The van der Waals surface area contributed by atoms with E-state index in [-0.39, 0.29) is 17.8 Å². The molecule has 1 aromatic carbocycles. The molecule has 17 heavy (non-hydrogen) atoms. The van der Waals surface area contributed by atoms with Gasteiger partial charge in [-0.1, -0.05) is 12.1 Å². The molecule has 1 aromatic rings. The summed E-state index contributed by atoms with van der Waals surface area (Å²) in [6.45, 7) is 4.52. The van der Waals surface area contributed by atoms with Crippen LogP contribution >= 0.6 is 0 Å². The van der Waals surface area contributed by atoms with Crippen molar-refractivity contribution in [3.63, 3.8) is 0 Å². The molecular formula is C13H18FNO2. The SMILES string of the molecule is Cc1cc(CNCC2(CO)COC2)ccc1F. The van der Waals surface area contributed by atoms with Crippen molar-refractivity contribution in [3.05, 3.63) is 35.1 Å². The fourth-order valence-electron chi connectivity index (χ4n) is 1.93. The predicted octanol–water partition coefficient (Wildman–Crippen LogP) is 1.23. The van der Waals surface area contributed by atoms with Crippen molar-refractivity contribution < 1.29 is 14.2 Å². The van der Waals surface area contributed by atoms with E-state index < -0.39 is 0 Å². The molecule has 0 amide bonds. The van der Waals surface area contributed by atoms with Gasteiger partial charge in [0.1, 0.15) is 5.82 Å². The summed E-state index contributed by atoms with van der Waals surface area (Å²) >= 11 is 0. The van der Waals surface area contributed by atoms with Crippen LogP contribution in [-0.2, 0) is 11.3 Å². The van der Waals surface area contributed by atoms with Gasteiger partial charge < -0.3 is 15.2 Å². The van der Waals surface area contributed by atoms with Gasteiger partial charge in [-0.3, -0.25) is 0 Å². The molecule has 1 heterocycles. The summed E-state index contributed by atoms with van der Waals surface area (Å²) in [7, 11) is 0. The van der Waals surface area contributed by atoms with Crippen LogP contribution in [0.4, 0.5) is 4.39 Å². The van der Waals surface area contributed by atoms with E-state index in [9.17, 15) is 9.50 Å². The molecule has 4 heteroatoms. The number of ether oxygens (including phenoxy) is 1. The van der Waals surface area contributed by atoms with Gasteiger partial charge in [0.2, 0.25) is 0 Å². The maximum absolute atomic E-state index is 13.1. The first-order chi connectivity index (χ1) is 8.15. The summed E-state index contributed by atoms with van der Waals surface area (Å²) in [6, 6.07) is 5.10. The molecule has 3 nitrogen and oxygen atoms in total. The normalized spacial score (nSPS) is 17.8. The molecular weight excluding hydrogens is 221 g/mol. The first-order valence-corrected chi connectivity index (χ1v) is 5.80. The van der Waals surface area contributed by atoms with Gasteiger partial charge in [-0.2, -0.15) is 0 Å². The fraction of sp³-hybridized carbons (Fsp3) is 0.538. The molecule has 0 aliphatic carbocycles. The number of hydrogen-bond donors (Lipinski definition) is 2. The van der Waals surface area contributed by atoms with Crippen LogP contribution in [0.25, 0.3) is 0 Å². The molecule has 0 radical (unpaired) electrons. The zero-order chi connectivity index (χ0) is 12.3. The standard InChI is InChI=1S/C13H18FNO2/c1-10-4-11(2-3-12(10)14)5-15-6-13(7-16)8-17-9-13/h2-4,15-16H,5-9H2,1H3. The Hall–Kier alpha value is -0.970. The number of aliphatic hydroxyl groups is 1. The third-order valence-electron chi connectivity index (χ3n) is 3.20. The average molecular weight is 239 g/mol. The van der Waals surface area contributed by atoms with Crippen molar-refractivity contribution >= 4 is 0 Å². The molecule has 1 saturated heterocycles. The van der Waals surface area contributed by atoms with Crippen molar-refractivity contribution in [1.29, 1.82) is 0 Å². The Morgan fingerprint density at radius 3 is 2.76 bits per heavy atom. The minimum absolute atomic E-state index is 0.116. The summed E-state index contributed by atoms with van der Waals surface area (Å²) in [5.41, 5.74) is 1.60. The van der Waals surface area contributed by atoms with Crippen LogP contribution in [0, 0.1) is 18.2 Å². The van der Waals surface area contributed by atoms with E-state index in [2.05, 4.69) is 5.32 Å². The molecule has 1 fully saturated rings. The van der Waals surface area contributed by atoms with Crippen molar-refractivity contribution in [2.24, 2.45) is 5.41 Å². The largest absolute Gasteiger partial charge is 0.396 e. The third kappa shape index (κ3) is 2.83. The molecule has 0 spiro atoms. The van der Waals surface area contributed by atoms with Crippen LogP contribution in [0.15, 0.2) is 18.2 Å². The van der Waals surface area contributed by atoms with Gasteiger partial charge >= 0.3 is 0 Å². The molecule has 0 saturated carbocycles. The Labute approximate surface area is 101 Å². The van der Waals surface area contributed by atoms with E-state index in [1.807, 2.05) is 6.07 Å². The lowest BCUT2D eigenvalue weighted by atomic mass is 9.87. The minimum atomic E-state index is -0.173. The van der Waals surface area contributed by atoms with Crippen molar-refractivity contribution in [3.8, 4) is 0 Å². The highest BCUT2D eigenvalue weighted by Crippen LogP contribution is 2.25. The second-order valence-corrected chi connectivity index (χ2v) is 4.84. The fourth-order valence-corrected chi connectivity index (χ4v) is 1.93. The van der Waals surface area contributed by atoms with E-state index in [4.69, 9.17) is 4.74 Å². The first-order valence-electron chi connectivity index (χ1n) is 5.80. The van der Waals surface area contributed by atoms with Gasteiger partial charge in [-0.15, -0.1) is 0 Å². The Balaban J connectivity index is 1.83. The van der Waals surface area contributed by atoms with Gasteiger partial charge in [-0.25, -0.2) is 4.39 Å². The molecule has 0 unspecified atom stereocenters. The molecule has 1 aliphatic heterocycles. The summed E-state index contributed by atoms with van der Waals surface area (Å²) in [5.74, 6) is -0.173. The molecule has 2 rings (SSSR count). The van der Waals surface area contributed by atoms with E-state index in [1.54, 1.807) is 13.0 Å². The van der Waals surface area contributed by atoms with Crippen LogP contribution in [-0.4, -0.2) is 31.5 Å². The van der Waals surface area contributed by atoms with Crippen LogP contribution in [0.3, 0.4) is 0 Å². The number of aliphatic hydroxyl groups excluding tert-OH is 1. The van der Waals surface area contributed by atoms with Crippen LogP contribution in [0.2, 0.25) is 0 Å². The maximum atomic E-state index is 13.1. The molecule has 0 aromatic heterocycles. The van der Waals surface area contributed by atoms with E-state index in [0.717, 1.165) is 12.1 Å². The zero-order valence-electron chi connectivity index (χ0n) is 10.0. The van der Waals surface area contributed by atoms with Gasteiger partial charge in [-0.05, 0) is 24.1 Å². The molecule has 2 N–H and O–H groups in total. The minimum Gasteiger partial charge on any atom is -0.396 e. The number of hydrogen-bond acceptors (Lipinski definition) is 3. The highest BCUT2D eigenvalue weighted by atomic mass is 19.1. The first kappa shape index (κ1) is 12.5. The number of nitrogens with one attached hydrogen (secondary N) is 1. The number of benzene rings is 1. The van der Waals surface area contributed by atoms with Crippen LogP contribution in [0.1, 0.15) is 11.1 Å². The molecule has 94 valence electrons. The Bertz CT molecular complexity index is 385. The van der Waals surface area contributed by atoms with Gasteiger partial charge in [0, 0.05) is 13.1 Å². The number of rotatable bonds is 5. The van der Waals surface area contributed by atoms with Crippen LogP contribution < -0.4 is 5.32 Å². The zero-order valence-corrected chi connectivity index (χ0v) is 10.0. The quantitative estimate of drug-likeness (QED) is 0.812. The van der Waals surface area contributed by atoms with E-state index in [1.165, 1.54) is 6.07 Å². The van der Waals surface area contributed by atoms with Crippen molar-refractivity contribution in [2.75, 3.05) is 26.4 Å². The Kier molecular flexibility index (Phi) is 3.76. The average Bonchev–Trinajstić information content (AvgIpc) is 2.27. The van der Waals surface area contributed by atoms with Gasteiger partial charge in [0.05, 0.1) is 25.2 Å². The lowest BCUT2D eigenvalue weighted by molar-refractivity contribution is -0.134. The lowest BCUT2D eigenvalue weighted by Crippen LogP contribution is -2.52. The van der Waals surface area contributed by atoms with E-state index in [0.29, 0.717) is 25.3 Å². The van der Waals surface area contributed by atoms with Crippen LogP contribution in [0.5, 0.6) is 0 Å².